The Balaban J connectivity index is 1.92. The van der Waals surface area contributed by atoms with Crippen molar-refractivity contribution in [2.75, 3.05) is 6.61 Å². The maximum Gasteiger partial charge on any atom is 0.306 e. The molecule has 0 unspecified atom stereocenters. The smallest absolute Gasteiger partial charge is 0.306 e. The Bertz CT molecular complexity index is 605. The number of hydrogen-bond acceptors (Lipinski definition) is 4. The molecule has 0 atom stereocenters. The van der Waals surface area contributed by atoms with Crippen LogP contribution in [0.5, 0.6) is 0 Å². The van der Waals surface area contributed by atoms with Crippen LogP contribution in [0.15, 0.2) is 35.7 Å². The summed E-state index contributed by atoms with van der Waals surface area (Å²) in [5.41, 5.74) is 2.19. The minimum atomic E-state index is -0.115. The van der Waals surface area contributed by atoms with E-state index in [-0.39, 0.29) is 11.4 Å². The first kappa shape index (κ1) is 16.7. The number of nitrogens with zero attached hydrogens (tertiary/aromatic N) is 1. The Hall–Kier alpha value is -1.68. The average Bonchev–Trinajstić information content (AvgIpc) is 2.95. The van der Waals surface area contributed by atoms with Crippen molar-refractivity contribution in [3.63, 3.8) is 0 Å². The lowest BCUT2D eigenvalue weighted by Crippen LogP contribution is -2.19. The number of ether oxygens (including phenoxy) is 1. The Morgan fingerprint density at radius 2 is 2.00 bits per heavy atom. The van der Waals surface area contributed by atoms with E-state index in [0.717, 1.165) is 29.1 Å². The molecule has 2 aromatic rings. The first-order valence-corrected chi connectivity index (χ1v) is 8.53. The molecule has 0 fully saturated rings. The summed E-state index contributed by atoms with van der Waals surface area (Å²) in [4.78, 5) is 16.3. The number of carbonyl (C=O) groups excluding carboxylic acids is 1. The molecule has 0 aliphatic heterocycles. The van der Waals surface area contributed by atoms with Crippen molar-refractivity contribution in [3.05, 3.63) is 41.4 Å². The summed E-state index contributed by atoms with van der Waals surface area (Å²) in [6, 6.07) is 10.2. The normalized spacial score (nSPS) is 11.4. The Labute approximate surface area is 136 Å². The van der Waals surface area contributed by atoms with E-state index in [9.17, 15) is 4.79 Å². The van der Waals surface area contributed by atoms with Crippen molar-refractivity contribution < 1.29 is 9.53 Å². The first-order valence-electron chi connectivity index (χ1n) is 7.65. The minimum absolute atomic E-state index is 0.0667. The Morgan fingerprint density at radius 1 is 1.27 bits per heavy atom. The van der Waals surface area contributed by atoms with E-state index >= 15 is 0 Å². The van der Waals surface area contributed by atoms with Gasteiger partial charge >= 0.3 is 5.97 Å². The summed E-state index contributed by atoms with van der Waals surface area (Å²) in [5, 5.41) is 3.17. The van der Waals surface area contributed by atoms with Crippen LogP contribution >= 0.6 is 11.3 Å². The molecule has 0 amide bonds. The van der Waals surface area contributed by atoms with Gasteiger partial charge in [0, 0.05) is 10.9 Å². The van der Waals surface area contributed by atoms with Crippen LogP contribution in [0.4, 0.5) is 0 Å². The number of aryl methyl sites for hydroxylation is 1. The van der Waals surface area contributed by atoms with Gasteiger partial charge in [-0.05, 0) is 25.2 Å². The topological polar surface area (TPSA) is 39.2 Å². The van der Waals surface area contributed by atoms with E-state index in [1.54, 1.807) is 11.3 Å². The monoisotopic (exact) mass is 317 g/mol. The molecule has 1 aromatic carbocycles. The molecule has 0 radical (unpaired) electrons. The molecular weight excluding hydrogens is 294 g/mol. The molecule has 4 heteroatoms. The van der Waals surface area contributed by atoms with Crippen molar-refractivity contribution in [2.24, 2.45) is 5.41 Å². The lowest BCUT2D eigenvalue weighted by molar-refractivity contribution is -0.145. The third kappa shape index (κ3) is 4.95. The van der Waals surface area contributed by atoms with E-state index in [1.807, 2.05) is 25.1 Å². The molecule has 1 heterocycles. The van der Waals surface area contributed by atoms with Gasteiger partial charge in [0.05, 0.1) is 18.7 Å². The summed E-state index contributed by atoms with van der Waals surface area (Å²) in [7, 11) is 0. The van der Waals surface area contributed by atoms with Crippen LogP contribution < -0.4 is 0 Å². The Morgan fingerprint density at radius 3 is 2.68 bits per heavy atom. The van der Waals surface area contributed by atoms with Crippen molar-refractivity contribution in [2.45, 2.75) is 40.0 Å². The molecule has 3 nitrogen and oxygen atoms in total. The van der Waals surface area contributed by atoms with E-state index < -0.39 is 0 Å². The van der Waals surface area contributed by atoms with Crippen LogP contribution in [0.3, 0.4) is 0 Å². The van der Waals surface area contributed by atoms with Gasteiger partial charge in [-0.15, -0.1) is 11.3 Å². The van der Waals surface area contributed by atoms with E-state index in [2.05, 4.69) is 31.4 Å². The summed E-state index contributed by atoms with van der Waals surface area (Å²) >= 11 is 1.67. The maximum absolute atomic E-state index is 11.6. The third-order valence-corrected chi connectivity index (χ3v) is 4.50. The number of benzene rings is 1. The summed E-state index contributed by atoms with van der Waals surface area (Å²) in [6.07, 6.45) is 2.26. The second-order valence-corrected chi connectivity index (χ2v) is 7.01. The van der Waals surface area contributed by atoms with Gasteiger partial charge in [-0.3, -0.25) is 4.79 Å². The zero-order valence-electron chi connectivity index (χ0n) is 13.5. The largest absolute Gasteiger partial charge is 0.466 e. The van der Waals surface area contributed by atoms with Gasteiger partial charge < -0.3 is 4.74 Å². The van der Waals surface area contributed by atoms with Gasteiger partial charge in [-0.2, -0.15) is 0 Å². The standard InChI is InChI=1S/C18H23NO2S/c1-4-21-16(20)12-18(2,3)11-10-15-13-22-17(19-15)14-8-6-5-7-9-14/h5-9,13H,4,10-12H2,1-3H3. The number of carbonyl (C=O) groups is 1. The van der Waals surface area contributed by atoms with Crippen LogP contribution in [-0.4, -0.2) is 17.6 Å². The number of hydrogen-bond donors (Lipinski definition) is 0. The molecule has 1 aromatic heterocycles. The molecule has 0 N–H and O–H groups in total. The molecule has 2 rings (SSSR count). The van der Waals surface area contributed by atoms with Crippen LogP contribution in [-0.2, 0) is 16.0 Å². The van der Waals surface area contributed by atoms with Crippen LogP contribution in [0, 0.1) is 5.41 Å². The highest BCUT2D eigenvalue weighted by Gasteiger charge is 2.23. The van der Waals surface area contributed by atoms with Gasteiger partial charge in [0.15, 0.2) is 0 Å². The number of aromatic nitrogens is 1. The van der Waals surface area contributed by atoms with Gasteiger partial charge in [0.2, 0.25) is 0 Å². The fourth-order valence-electron chi connectivity index (χ4n) is 2.29. The van der Waals surface area contributed by atoms with Crippen LogP contribution in [0.25, 0.3) is 10.6 Å². The highest BCUT2D eigenvalue weighted by Crippen LogP contribution is 2.29. The fraction of sp³-hybridized carbons (Fsp3) is 0.444. The molecule has 0 saturated heterocycles. The van der Waals surface area contributed by atoms with E-state index in [4.69, 9.17) is 9.72 Å². The van der Waals surface area contributed by atoms with Crippen molar-refractivity contribution in [1.82, 2.24) is 4.98 Å². The molecule has 118 valence electrons. The molecule has 0 saturated carbocycles. The van der Waals surface area contributed by atoms with E-state index in [1.165, 1.54) is 0 Å². The van der Waals surface area contributed by atoms with Crippen molar-refractivity contribution >= 4 is 17.3 Å². The zero-order valence-corrected chi connectivity index (χ0v) is 14.3. The van der Waals surface area contributed by atoms with Gasteiger partial charge in [0.1, 0.15) is 5.01 Å². The summed E-state index contributed by atoms with van der Waals surface area (Å²) in [6.45, 7) is 6.50. The minimum Gasteiger partial charge on any atom is -0.466 e. The average molecular weight is 317 g/mol. The fourth-order valence-corrected chi connectivity index (χ4v) is 3.15. The maximum atomic E-state index is 11.6. The highest BCUT2D eigenvalue weighted by molar-refractivity contribution is 7.13. The quantitative estimate of drug-likeness (QED) is 0.693. The van der Waals surface area contributed by atoms with Crippen molar-refractivity contribution in [1.29, 1.82) is 0 Å². The number of esters is 1. The second-order valence-electron chi connectivity index (χ2n) is 6.16. The predicted octanol–water partition coefficient (Wildman–Crippen LogP) is 4.72. The van der Waals surface area contributed by atoms with Crippen LogP contribution in [0.2, 0.25) is 0 Å². The van der Waals surface area contributed by atoms with Crippen LogP contribution in [0.1, 0.15) is 39.3 Å². The highest BCUT2D eigenvalue weighted by atomic mass is 32.1. The summed E-state index contributed by atoms with van der Waals surface area (Å²) in [5.74, 6) is -0.115. The molecule has 0 bridgehead atoms. The second kappa shape index (κ2) is 7.54. The van der Waals surface area contributed by atoms with E-state index in [0.29, 0.717) is 13.0 Å². The molecule has 22 heavy (non-hydrogen) atoms. The predicted molar refractivity (Wildman–Crippen MR) is 90.9 cm³/mol. The zero-order chi connectivity index (χ0) is 16.0. The molecular formula is C18H23NO2S. The lowest BCUT2D eigenvalue weighted by atomic mass is 9.84. The molecule has 0 spiro atoms. The molecule has 0 aliphatic carbocycles. The third-order valence-electron chi connectivity index (χ3n) is 3.56. The first-order chi connectivity index (χ1) is 10.5. The van der Waals surface area contributed by atoms with Gasteiger partial charge in [-0.25, -0.2) is 4.98 Å². The molecule has 0 aliphatic rings. The SMILES string of the molecule is CCOC(=O)CC(C)(C)CCc1csc(-c2ccccc2)n1. The van der Waals surface area contributed by atoms with Crippen molar-refractivity contribution in [3.8, 4) is 10.6 Å². The number of rotatable bonds is 7. The van der Waals surface area contributed by atoms with Gasteiger partial charge in [0.25, 0.3) is 0 Å². The summed E-state index contributed by atoms with van der Waals surface area (Å²) < 4.78 is 5.04. The number of thiazole rings is 1. The Kier molecular flexibility index (Phi) is 5.72. The van der Waals surface area contributed by atoms with Gasteiger partial charge in [-0.1, -0.05) is 44.2 Å². The lowest BCUT2D eigenvalue weighted by Gasteiger charge is -2.22.